The van der Waals surface area contributed by atoms with Crippen LogP contribution in [0, 0.1) is 0 Å². The summed E-state index contributed by atoms with van der Waals surface area (Å²) < 4.78 is 45.6. The lowest BCUT2D eigenvalue weighted by Crippen LogP contribution is -2.49. The van der Waals surface area contributed by atoms with Crippen molar-refractivity contribution < 1.29 is 22.7 Å². The number of fused-ring (bicyclic) bond motifs is 1. The highest BCUT2D eigenvalue weighted by molar-refractivity contribution is 5.79. The molecule has 4 rings (SSSR count). The number of benzene rings is 1. The number of halogens is 3. The van der Waals surface area contributed by atoms with E-state index in [9.17, 15) is 18.0 Å². The van der Waals surface area contributed by atoms with Crippen LogP contribution in [0.1, 0.15) is 11.1 Å². The molecule has 1 aliphatic rings. The van der Waals surface area contributed by atoms with Crippen molar-refractivity contribution in [3.05, 3.63) is 53.7 Å². The van der Waals surface area contributed by atoms with Crippen molar-refractivity contribution in [1.29, 1.82) is 0 Å². The van der Waals surface area contributed by atoms with Gasteiger partial charge in [-0.2, -0.15) is 13.2 Å². The Labute approximate surface area is 170 Å². The van der Waals surface area contributed by atoms with Gasteiger partial charge in [0.1, 0.15) is 5.75 Å². The van der Waals surface area contributed by atoms with Crippen LogP contribution < -0.4 is 9.64 Å². The van der Waals surface area contributed by atoms with Crippen LogP contribution in [0.5, 0.6) is 5.75 Å². The highest BCUT2D eigenvalue weighted by Gasteiger charge is 2.32. The van der Waals surface area contributed by atoms with Gasteiger partial charge < -0.3 is 14.5 Å². The average molecular weight is 419 g/mol. The largest absolute Gasteiger partial charge is 0.497 e. The Morgan fingerprint density at radius 3 is 2.37 bits per heavy atom. The first-order chi connectivity index (χ1) is 14.3. The number of carbonyl (C=O) groups excluding carboxylic acids is 1. The highest BCUT2D eigenvalue weighted by atomic mass is 19.4. The smallest absolute Gasteiger partial charge is 0.417 e. The minimum absolute atomic E-state index is 0.00489. The van der Waals surface area contributed by atoms with Gasteiger partial charge >= 0.3 is 6.18 Å². The minimum atomic E-state index is -4.44. The zero-order valence-corrected chi connectivity index (χ0v) is 16.3. The van der Waals surface area contributed by atoms with Crippen molar-refractivity contribution in [2.75, 3.05) is 38.2 Å². The lowest BCUT2D eigenvalue weighted by atomic mass is 10.1. The molecule has 0 bridgehead atoms. The number of nitrogens with zero attached hydrogens (tertiary/aromatic N) is 5. The van der Waals surface area contributed by atoms with E-state index in [1.165, 1.54) is 10.5 Å². The summed E-state index contributed by atoms with van der Waals surface area (Å²) in [6, 6.07) is 9.62. The third-order valence-electron chi connectivity index (χ3n) is 5.14. The van der Waals surface area contributed by atoms with Crippen LogP contribution in [0.2, 0.25) is 0 Å². The molecule has 30 heavy (non-hydrogen) atoms. The molecule has 0 spiro atoms. The van der Waals surface area contributed by atoms with Crippen LogP contribution in [0.3, 0.4) is 0 Å². The van der Waals surface area contributed by atoms with Gasteiger partial charge in [0.15, 0.2) is 5.65 Å². The van der Waals surface area contributed by atoms with Gasteiger partial charge in [-0.15, -0.1) is 10.2 Å². The van der Waals surface area contributed by atoms with Crippen LogP contribution in [0.25, 0.3) is 5.65 Å². The van der Waals surface area contributed by atoms with Gasteiger partial charge in [0, 0.05) is 32.4 Å². The second kappa shape index (κ2) is 7.85. The predicted octanol–water partition coefficient (Wildman–Crippen LogP) is 2.65. The van der Waals surface area contributed by atoms with E-state index in [1.807, 2.05) is 29.2 Å². The van der Waals surface area contributed by atoms with E-state index >= 15 is 0 Å². The van der Waals surface area contributed by atoms with E-state index in [-0.39, 0.29) is 12.3 Å². The summed E-state index contributed by atoms with van der Waals surface area (Å²) in [6.45, 7) is 1.85. The molecular weight excluding hydrogens is 399 g/mol. The summed E-state index contributed by atoms with van der Waals surface area (Å²) in [5, 5.41) is 8.01. The van der Waals surface area contributed by atoms with E-state index in [0.29, 0.717) is 37.8 Å². The van der Waals surface area contributed by atoms with Gasteiger partial charge in [-0.25, -0.2) is 0 Å². The summed E-state index contributed by atoms with van der Waals surface area (Å²) in [5.41, 5.74) is 0.478. The van der Waals surface area contributed by atoms with E-state index in [4.69, 9.17) is 4.74 Å². The molecule has 0 radical (unpaired) electrons. The van der Waals surface area contributed by atoms with Crippen molar-refractivity contribution in [2.24, 2.45) is 0 Å². The first-order valence-corrected chi connectivity index (χ1v) is 9.43. The summed E-state index contributed by atoms with van der Waals surface area (Å²) in [6.07, 6.45) is -3.15. The third kappa shape index (κ3) is 4.03. The first kappa shape index (κ1) is 20.0. The van der Waals surface area contributed by atoms with Crippen molar-refractivity contribution in [3.63, 3.8) is 0 Å². The van der Waals surface area contributed by atoms with Crippen LogP contribution in [0.4, 0.5) is 19.1 Å². The van der Waals surface area contributed by atoms with Crippen molar-refractivity contribution in [2.45, 2.75) is 12.6 Å². The molecule has 158 valence electrons. The van der Waals surface area contributed by atoms with E-state index in [2.05, 4.69) is 10.2 Å². The molecule has 1 aromatic carbocycles. The number of hydrogen-bond donors (Lipinski definition) is 0. The second-order valence-electron chi connectivity index (χ2n) is 7.04. The summed E-state index contributed by atoms with van der Waals surface area (Å²) in [7, 11) is 1.59. The number of alkyl halides is 3. The average Bonchev–Trinajstić information content (AvgIpc) is 3.17. The fraction of sp³-hybridized carbons (Fsp3) is 0.350. The molecule has 0 unspecified atom stereocenters. The molecule has 1 aliphatic heterocycles. The maximum Gasteiger partial charge on any atom is 0.417 e. The molecule has 3 aromatic rings. The molecule has 1 fully saturated rings. The molecule has 2 aromatic heterocycles. The Kier molecular flexibility index (Phi) is 5.23. The minimum Gasteiger partial charge on any atom is -0.497 e. The molecular formula is C20H20F3N5O2. The van der Waals surface area contributed by atoms with Crippen molar-refractivity contribution in [1.82, 2.24) is 19.5 Å². The van der Waals surface area contributed by atoms with Gasteiger partial charge in [0.25, 0.3) is 0 Å². The number of piperazine rings is 1. The topological polar surface area (TPSA) is 63.0 Å². The molecule has 10 heteroatoms. The van der Waals surface area contributed by atoms with Crippen molar-refractivity contribution >= 4 is 17.5 Å². The number of rotatable bonds is 4. The third-order valence-corrected chi connectivity index (χ3v) is 5.14. The SMILES string of the molecule is COc1ccc(CC(=O)N2CCN(c3nnc4ccc(C(F)(F)F)cn34)CC2)cc1. The zero-order chi connectivity index (χ0) is 21.3. The van der Waals surface area contributed by atoms with E-state index in [1.54, 1.807) is 12.0 Å². The van der Waals surface area contributed by atoms with E-state index in [0.717, 1.165) is 23.6 Å². The number of methoxy groups -OCH3 is 1. The van der Waals surface area contributed by atoms with Gasteiger partial charge in [0.2, 0.25) is 11.9 Å². The first-order valence-electron chi connectivity index (χ1n) is 9.43. The van der Waals surface area contributed by atoms with Gasteiger partial charge in [-0.1, -0.05) is 12.1 Å². The summed E-state index contributed by atoms with van der Waals surface area (Å²) >= 11 is 0. The van der Waals surface area contributed by atoms with Crippen LogP contribution >= 0.6 is 0 Å². The zero-order valence-electron chi connectivity index (χ0n) is 16.3. The Morgan fingerprint density at radius 1 is 1.03 bits per heavy atom. The summed E-state index contributed by atoms with van der Waals surface area (Å²) in [4.78, 5) is 16.2. The number of carbonyl (C=O) groups is 1. The molecule has 0 N–H and O–H groups in total. The van der Waals surface area contributed by atoms with E-state index < -0.39 is 11.7 Å². The van der Waals surface area contributed by atoms with Crippen LogP contribution in [-0.2, 0) is 17.4 Å². The Hall–Kier alpha value is -3.30. The lowest BCUT2D eigenvalue weighted by Gasteiger charge is -2.34. The number of ether oxygens (including phenoxy) is 1. The molecule has 1 saturated heterocycles. The Balaban J connectivity index is 1.42. The van der Waals surface area contributed by atoms with Gasteiger partial charge in [-0.05, 0) is 29.8 Å². The number of hydrogen-bond acceptors (Lipinski definition) is 5. The quantitative estimate of drug-likeness (QED) is 0.651. The Bertz CT molecular complexity index is 1040. The standard InChI is InChI=1S/C20H20F3N5O2/c1-30-16-5-2-14(3-6-16)12-18(29)26-8-10-27(11-9-26)19-25-24-17-7-4-15(13-28(17)19)20(21,22)23/h2-7,13H,8-12H2,1H3. The molecule has 3 heterocycles. The number of amides is 1. The fourth-order valence-corrected chi connectivity index (χ4v) is 3.45. The maximum atomic E-state index is 13.0. The number of aromatic nitrogens is 3. The number of anilines is 1. The molecule has 0 aliphatic carbocycles. The molecule has 7 nitrogen and oxygen atoms in total. The van der Waals surface area contributed by atoms with Crippen LogP contribution in [-0.4, -0.2) is 58.7 Å². The monoisotopic (exact) mass is 419 g/mol. The normalized spacial score (nSPS) is 14.9. The molecule has 0 atom stereocenters. The molecule has 1 amide bonds. The fourth-order valence-electron chi connectivity index (χ4n) is 3.45. The summed E-state index contributed by atoms with van der Waals surface area (Å²) in [5.74, 6) is 1.08. The van der Waals surface area contributed by atoms with Gasteiger partial charge in [-0.3, -0.25) is 9.20 Å². The predicted molar refractivity (Wildman–Crippen MR) is 103 cm³/mol. The highest BCUT2D eigenvalue weighted by Crippen LogP contribution is 2.30. The van der Waals surface area contributed by atoms with Crippen LogP contribution in [0.15, 0.2) is 42.6 Å². The van der Waals surface area contributed by atoms with Gasteiger partial charge in [0.05, 0.1) is 19.1 Å². The van der Waals surface area contributed by atoms with Crippen molar-refractivity contribution in [3.8, 4) is 5.75 Å². The lowest BCUT2D eigenvalue weighted by molar-refractivity contribution is -0.138. The molecule has 0 saturated carbocycles. The maximum absolute atomic E-state index is 13.0. The number of pyridine rings is 1. The second-order valence-corrected chi connectivity index (χ2v) is 7.04. The Morgan fingerprint density at radius 2 is 1.73 bits per heavy atom.